The van der Waals surface area contributed by atoms with Crippen molar-refractivity contribution in [1.82, 2.24) is 20.2 Å². The maximum Gasteiger partial charge on any atom is 0.218 e. The van der Waals surface area contributed by atoms with Crippen LogP contribution >= 0.6 is 11.8 Å². The van der Waals surface area contributed by atoms with Gasteiger partial charge in [0.1, 0.15) is 0 Å². The van der Waals surface area contributed by atoms with Gasteiger partial charge in [-0.15, -0.1) is 5.10 Å². The van der Waals surface area contributed by atoms with Crippen LogP contribution < -0.4 is 5.73 Å². The molecule has 0 aliphatic heterocycles. The number of benzene rings is 1. The van der Waals surface area contributed by atoms with E-state index in [0.717, 1.165) is 5.69 Å². The number of thioether (sulfide) groups is 1. The topological polar surface area (TPSA) is 86.7 Å². The van der Waals surface area contributed by atoms with E-state index in [2.05, 4.69) is 22.4 Å². The average molecular weight is 277 g/mol. The van der Waals surface area contributed by atoms with Crippen LogP contribution in [0.5, 0.6) is 0 Å². The minimum Gasteiger partial charge on any atom is -0.370 e. The molecular weight excluding hydrogens is 262 g/mol. The fourth-order valence-corrected chi connectivity index (χ4v) is 2.38. The molecule has 0 saturated heterocycles. The molecule has 1 amide bonds. The summed E-state index contributed by atoms with van der Waals surface area (Å²) in [5.41, 5.74) is 8.42. The zero-order chi connectivity index (χ0) is 13.8. The van der Waals surface area contributed by atoms with Crippen LogP contribution in [-0.2, 0) is 4.79 Å². The Morgan fingerprint density at radius 1 is 1.37 bits per heavy atom. The summed E-state index contributed by atoms with van der Waals surface area (Å²) in [6, 6.07) is 6.03. The van der Waals surface area contributed by atoms with E-state index in [-0.39, 0.29) is 5.91 Å². The lowest BCUT2D eigenvalue weighted by molar-refractivity contribution is -0.117. The predicted molar refractivity (Wildman–Crippen MR) is 73.2 cm³/mol. The molecule has 0 radical (unpaired) electrons. The number of carbonyl (C=O) groups excluding carboxylic acids is 1. The number of hydrogen-bond acceptors (Lipinski definition) is 5. The van der Waals surface area contributed by atoms with Crippen molar-refractivity contribution in [3.05, 3.63) is 29.3 Å². The van der Waals surface area contributed by atoms with Crippen LogP contribution in [-0.4, -0.2) is 31.9 Å². The van der Waals surface area contributed by atoms with E-state index in [1.807, 2.05) is 25.1 Å². The zero-order valence-electron chi connectivity index (χ0n) is 10.8. The van der Waals surface area contributed by atoms with E-state index in [0.29, 0.717) is 17.3 Å². The van der Waals surface area contributed by atoms with Crippen molar-refractivity contribution in [2.45, 2.75) is 25.4 Å². The van der Waals surface area contributed by atoms with Crippen molar-refractivity contribution in [2.24, 2.45) is 5.73 Å². The zero-order valence-corrected chi connectivity index (χ0v) is 11.6. The Bertz CT molecular complexity index is 596. The molecule has 2 aromatic rings. The Labute approximate surface area is 115 Å². The Kier molecular flexibility index (Phi) is 4.16. The van der Waals surface area contributed by atoms with E-state index in [1.165, 1.54) is 22.9 Å². The fraction of sp³-hybridized carbons (Fsp3) is 0.333. The molecule has 1 heterocycles. The highest BCUT2D eigenvalue weighted by Crippen LogP contribution is 2.20. The van der Waals surface area contributed by atoms with Crippen LogP contribution in [0.4, 0.5) is 0 Å². The standard InChI is InChI=1S/C12H15N5OS/c1-8-3-4-10(7-9(8)2)17-12(14-15-16-17)19-6-5-11(13)18/h3-4,7H,5-6H2,1-2H3,(H2,13,18). The van der Waals surface area contributed by atoms with Crippen molar-refractivity contribution in [1.29, 1.82) is 0 Å². The lowest BCUT2D eigenvalue weighted by atomic mass is 10.1. The lowest BCUT2D eigenvalue weighted by Crippen LogP contribution is -2.11. The summed E-state index contributed by atoms with van der Waals surface area (Å²) in [5.74, 6) is 0.248. The molecule has 0 saturated carbocycles. The van der Waals surface area contributed by atoms with E-state index in [4.69, 9.17) is 5.73 Å². The molecule has 0 bridgehead atoms. The van der Waals surface area contributed by atoms with E-state index in [9.17, 15) is 4.79 Å². The minimum atomic E-state index is -0.322. The van der Waals surface area contributed by atoms with Crippen molar-refractivity contribution < 1.29 is 4.79 Å². The number of tetrazole rings is 1. The molecule has 0 fully saturated rings. The van der Waals surface area contributed by atoms with Gasteiger partial charge in [-0.3, -0.25) is 4.79 Å². The number of aromatic nitrogens is 4. The third kappa shape index (κ3) is 3.31. The van der Waals surface area contributed by atoms with Crippen LogP contribution in [0, 0.1) is 13.8 Å². The molecule has 0 aliphatic rings. The molecular formula is C12H15N5OS. The highest BCUT2D eigenvalue weighted by atomic mass is 32.2. The first-order chi connectivity index (χ1) is 9.08. The summed E-state index contributed by atoms with van der Waals surface area (Å²) >= 11 is 1.41. The van der Waals surface area contributed by atoms with Crippen LogP contribution in [0.15, 0.2) is 23.4 Å². The maximum atomic E-state index is 10.7. The number of carbonyl (C=O) groups is 1. The molecule has 0 unspecified atom stereocenters. The Hall–Kier alpha value is -1.89. The van der Waals surface area contributed by atoms with Crippen molar-refractivity contribution in [3.63, 3.8) is 0 Å². The molecule has 0 spiro atoms. The van der Waals surface area contributed by atoms with Gasteiger partial charge in [-0.1, -0.05) is 17.8 Å². The molecule has 1 aromatic heterocycles. The summed E-state index contributed by atoms with van der Waals surface area (Å²) < 4.78 is 1.66. The van der Waals surface area contributed by atoms with Gasteiger partial charge >= 0.3 is 0 Å². The SMILES string of the molecule is Cc1ccc(-n2nnnc2SCCC(N)=O)cc1C. The predicted octanol–water partition coefficient (Wildman–Crippen LogP) is 1.25. The first kappa shape index (κ1) is 13.5. The number of rotatable bonds is 5. The normalized spacial score (nSPS) is 10.6. The molecule has 19 heavy (non-hydrogen) atoms. The van der Waals surface area contributed by atoms with Gasteiger partial charge in [-0.2, -0.15) is 4.68 Å². The van der Waals surface area contributed by atoms with Crippen LogP contribution in [0.2, 0.25) is 0 Å². The summed E-state index contributed by atoms with van der Waals surface area (Å²) in [6.07, 6.45) is 0.310. The molecule has 0 aliphatic carbocycles. The lowest BCUT2D eigenvalue weighted by Gasteiger charge is -2.06. The first-order valence-electron chi connectivity index (χ1n) is 5.85. The molecule has 0 atom stereocenters. The summed E-state index contributed by atoms with van der Waals surface area (Å²) in [7, 11) is 0. The largest absolute Gasteiger partial charge is 0.370 e. The first-order valence-corrected chi connectivity index (χ1v) is 6.83. The van der Waals surface area contributed by atoms with Gasteiger partial charge in [-0.25, -0.2) is 0 Å². The maximum absolute atomic E-state index is 10.7. The summed E-state index contributed by atoms with van der Waals surface area (Å²) in [6.45, 7) is 4.10. The fourth-order valence-electron chi connectivity index (χ4n) is 1.53. The molecule has 100 valence electrons. The number of nitrogens with two attached hydrogens (primary N) is 1. The summed E-state index contributed by atoms with van der Waals surface area (Å²) in [4.78, 5) is 10.7. The smallest absolute Gasteiger partial charge is 0.218 e. The van der Waals surface area contributed by atoms with Crippen molar-refractivity contribution in [3.8, 4) is 5.69 Å². The van der Waals surface area contributed by atoms with Crippen molar-refractivity contribution in [2.75, 3.05) is 5.75 Å². The van der Waals surface area contributed by atoms with Crippen LogP contribution in [0.25, 0.3) is 5.69 Å². The molecule has 6 nitrogen and oxygen atoms in total. The Balaban J connectivity index is 2.18. The monoisotopic (exact) mass is 277 g/mol. The number of nitrogens with zero attached hydrogens (tertiary/aromatic N) is 4. The second-order valence-corrected chi connectivity index (χ2v) is 5.27. The van der Waals surface area contributed by atoms with Gasteiger partial charge in [0.05, 0.1) is 5.69 Å². The molecule has 1 aromatic carbocycles. The quantitative estimate of drug-likeness (QED) is 0.831. The van der Waals surface area contributed by atoms with Gasteiger partial charge in [-0.05, 0) is 47.5 Å². The number of hydrogen-bond donors (Lipinski definition) is 1. The number of amides is 1. The van der Waals surface area contributed by atoms with Gasteiger partial charge < -0.3 is 5.73 Å². The Morgan fingerprint density at radius 3 is 2.84 bits per heavy atom. The Morgan fingerprint density at radius 2 is 2.16 bits per heavy atom. The van der Waals surface area contributed by atoms with Gasteiger partial charge in [0.15, 0.2) is 0 Å². The van der Waals surface area contributed by atoms with Gasteiger partial charge in [0.2, 0.25) is 11.1 Å². The molecule has 2 N–H and O–H groups in total. The highest BCUT2D eigenvalue weighted by molar-refractivity contribution is 7.99. The number of primary amides is 1. The van der Waals surface area contributed by atoms with E-state index < -0.39 is 0 Å². The van der Waals surface area contributed by atoms with Crippen molar-refractivity contribution >= 4 is 17.7 Å². The minimum absolute atomic E-state index is 0.310. The van der Waals surface area contributed by atoms with E-state index >= 15 is 0 Å². The second-order valence-electron chi connectivity index (χ2n) is 4.21. The average Bonchev–Trinajstić information content (AvgIpc) is 2.80. The highest BCUT2D eigenvalue weighted by Gasteiger charge is 2.10. The van der Waals surface area contributed by atoms with E-state index in [1.54, 1.807) is 4.68 Å². The summed E-state index contributed by atoms with van der Waals surface area (Å²) in [5, 5.41) is 12.3. The third-order valence-corrected chi connectivity index (χ3v) is 3.68. The van der Waals surface area contributed by atoms with Crippen LogP contribution in [0.1, 0.15) is 17.5 Å². The second kappa shape index (κ2) is 5.83. The molecule has 7 heteroatoms. The molecule has 2 rings (SSSR count). The number of aryl methyl sites for hydroxylation is 2. The third-order valence-electron chi connectivity index (χ3n) is 2.76. The van der Waals surface area contributed by atoms with Gasteiger partial charge in [0.25, 0.3) is 0 Å². The van der Waals surface area contributed by atoms with Crippen LogP contribution in [0.3, 0.4) is 0 Å². The van der Waals surface area contributed by atoms with Gasteiger partial charge in [0, 0.05) is 12.2 Å².